The van der Waals surface area contributed by atoms with Crippen LogP contribution < -0.4 is 15.0 Å². The molecule has 1 fully saturated rings. The summed E-state index contributed by atoms with van der Waals surface area (Å²) in [6.07, 6.45) is 1.52. The van der Waals surface area contributed by atoms with E-state index in [4.69, 9.17) is 17.0 Å². The summed E-state index contributed by atoms with van der Waals surface area (Å²) in [5.41, 5.74) is 1.25. The molecule has 5 nitrogen and oxygen atoms in total. The van der Waals surface area contributed by atoms with Gasteiger partial charge in [-0.15, -0.1) is 0 Å². The number of nitrogens with zero attached hydrogens (tertiary/aromatic N) is 1. The lowest BCUT2D eigenvalue weighted by Crippen LogP contribution is -2.54. The lowest BCUT2D eigenvalue weighted by Gasteiger charge is -2.29. The van der Waals surface area contributed by atoms with Crippen molar-refractivity contribution in [2.24, 2.45) is 0 Å². The monoisotopic (exact) mass is 388 g/mol. The third kappa shape index (κ3) is 3.04. The van der Waals surface area contributed by atoms with Crippen LogP contribution in [0, 0.1) is 0 Å². The number of benzene rings is 3. The van der Waals surface area contributed by atoms with Crippen molar-refractivity contribution in [1.29, 1.82) is 0 Å². The van der Waals surface area contributed by atoms with Crippen LogP contribution in [0.4, 0.5) is 5.69 Å². The fourth-order valence-electron chi connectivity index (χ4n) is 3.22. The maximum atomic E-state index is 13.3. The van der Waals surface area contributed by atoms with Gasteiger partial charge in [0.05, 0.1) is 12.8 Å². The molecule has 1 aliphatic heterocycles. The third-order valence-electron chi connectivity index (χ3n) is 4.55. The average Bonchev–Trinajstić information content (AvgIpc) is 2.71. The Morgan fingerprint density at radius 3 is 2.50 bits per heavy atom. The molecular formula is C22H16N2O3S. The smallest absolute Gasteiger partial charge is 0.270 e. The van der Waals surface area contributed by atoms with Crippen LogP contribution in [-0.4, -0.2) is 24.0 Å². The van der Waals surface area contributed by atoms with Gasteiger partial charge >= 0.3 is 0 Å². The van der Waals surface area contributed by atoms with Gasteiger partial charge in [-0.05, 0) is 35.8 Å². The van der Waals surface area contributed by atoms with Gasteiger partial charge in [0, 0.05) is 10.9 Å². The number of rotatable bonds is 3. The van der Waals surface area contributed by atoms with E-state index in [-0.39, 0.29) is 10.7 Å². The molecule has 0 unspecified atom stereocenters. The molecule has 6 heteroatoms. The minimum absolute atomic E-state index is 0.00830. The van der Waals surface area contributed by atoms with Crippen LogP contribution >= 0.6 is 12.2 Å². The lowest BCUT2D eigenvalue weighted by atomic mass is 10.0. The molecule has 138 valence electrons. The van der Waals surface area contributed by atoms with Crippen LogP contribution in [0.5, 0.6) is 5.75 Å². The second-order valence-corrected chi connectivity index (χ2v) is 6.58. The molecule has 0 atom stereocenters. The summed E-state index contributed by atoms with van der Waals surface area (Å²) >= 11 is 5.31. The summed E-state index contributed by atoms with van der Waals surface area (Å²) in [7, 11) is 1.54. The zero-order chi connectivity index (χ0) is 19.7. The van der Waals surface area contributed by atoms with Crippen LogP contribution in [0.25, 0.3) is 16.8 Å². The van der Waals surface area contributed by atoms with Gasteiger partial charge < -0.3 is 4.74 Å². The molecule has 3 aromatic rings. The van der Waals surface area contributed by atoms with Crippen LogP contribution in [0.1, 0.15) is 5.56 Å². The Labute approximate surface area is 167 Å². The van der Waals surface area contributed by atoms with E-state index in [1.165, 1.54) is 18.1 Å². The summed E-state index contributed by atoms with van der Waals surface area (Å²) in [6, 6.07) is 20.5. The summed E-state index contributed by atoms with van der Waals surface area (Å²) < 4.78 is 5.32. The highest BCUT2D eigenvalue weighted by Gasteiger charge is 2.35. The second kappa shape index (κ2) is 7.25. The summed E-state index contributed by atoms with van der Waals surface area (Å²) in [6.45, 7) is 0. The van der Waals surface area contributed by atoms with Gasteiger partial charge in [-0.1, -0.05) is 54.6 Å². The molecule has 0 aliphatic carbocycles. The first-order valence-electron chi connectivity index (χ1n) is 8.62. The number of carbonyl (C=O) groups is 2. The van der Waals surface area contributed by atoms with E-state index in [1.54, 1.807) is 12.1 Å². The summed E-state index contributed by atoms with van der Waals surface area (Å²) in [4.78, 5) is 27.1. The van der Waals surface area contributed by atoms with E-state index in [1.807, 2.05) is 54.6 Å². The molecule has 1 saturated heterocycles. The molecule has 2 amide bonds. The lowest BCUT2D eigenvalue weighted by molar-refractivity contribution is -0.122. The van der Waals surface area contributed by atoms with Crippen molar-refractivity contribution in [3.8, 4) is 5.75 Å². The Hall–Kier alpha value is -3.51. The topological polar surface area (TPSA) is 58.6 Å². The van der Waals surface area contributed by atoms with E-state index in [0.29, 0.717) is 17.0 Å². The first-order chi connectivity index (χ1) is 13.6. The number of methoxy groups -OCH3 is 1. The third-order valence-corrected chi connectivity index (χ3v) is 4.83. The molecule has 1 heterocycles. The number of para-hydroxylation sites is 1. The normalized spacial score (nSPS) is 15.8. The van der Waals surface area contributed by atoms with Gasteiger partial charge in [0.25, 0.3) is 11.8 Å². The van der Waals surface area contributed by atoms with Crippen molar-refractivity contribution in [3.63, 3.8) is 0 Å². The highest BCUT2D eigenvalue weighted by Crippen LogP contribution is 2.30. The predicted octanol–water partition coefficient (Wildman–Crippen LogP) is 3.68. The standard InChI is InChI=1S/C22H16N2O3S/c1-27-19-12-5-3-8-15(19)13-17-20(25)23-22(28)24(21(17)26)18-11-6-9-14-7-2-4-10-16(14)18/h2-13H,1H3,(H,23,25,28). The van der Waals surface area contributed by atoms with Crippen LogP contribution in [0.2, 0.25) is 0 Å². The molecular weight excluding hydrogens is 372 g/mol. The van der Waals surface area contributed by atoms with Crippen LogP contribution in [0.3, 0.4) is 0 Å². The van der Waals surface area contributed by atoms with E-state index < -0.39 is 11.8 Å². The Bertz CT molecular complexity index is 1150. The van der Waals surface area contributed by atoms with Gasteiger partial charge in [-0.2, -0.15) is 0 Å². The van der Waals surface area contributed by atoms with Crippen LogP contribution in [0.15, 0.2) is 72.3 Å². The molecule has 0 aromatic heterocycles. The zero-order valence-corrected chi connectivity index (χ0v) is 15.8. The Morgan fingerprint density at radius 1 is 0.964 bits per heavy atom. The average molecular weight is 388 g/mol. The van der Waals surface area contributed by atoms with Crippen molar-refractivity contribution >= 4 is 51.7 Å². The van der Waals surface area contributed by atoms with Crippen molar-refractivity contribution in [2.75, 3.05) is 12.0 Å². The Morgan fingerprint density at radius 2 is 1.68 bits per heavy atom. The first kappa shape index (κ1) is 17.9. The number of ether oxygens (including phenoxy) is 1. The van der Waals surface area contributed by atoms with Crippen molar-refractivity contribution in [1.82, 2.24) is 5.32 Å². The fraction of sp³-hybridized carbons (Fsp3) is 0.0455. The maximum Gasteiger partial charge on any atom is 0.270 e. The van der Waals surface area contributed by atoms with E-state index in [2.05, 4.69) is 5.32 Å². The Balaban J connectivity index is 1.84. The number of carbonyl (C=O) groups excluding carboxylic acids is 2. The molecule has 28 heavy (non-hydrogen) atoms. The SMILES string of the molecule is COc1ccccc1C=C1C(=O)NC(=S)N(c2cccc3ccccc23)C1=O. The number of thiocarbonyl (C=S) groups is 1. The molecule has 4 rings (SSSR count). The molecule has 3 aromatic carbocycles. The molecule has 0 radical (unpaired) electrons. The highest BCUT2D eigenvalue weighted by molar-refractivity contribution is 7.80. The number of amides is 2. The van der Waals surface area contributed by atoms with Gasteiger partial charge in [0.15, 0.2) is 5.11 Å². The van der Waals surface area contributed by atoms with Gasteiger partial charge in [0.2, 0.25) is 0 Å². The number of nitrogens with one attached hydrogen (secondary N) is 1. The molecule has 0 spiro atoms. The number of hydrogen-bond acceptors (Lipinski definition) is 4. The quantitative estimate of drug-likeness (QED) is 0.422. The predicted molar refractivity (Wildman–Crippen MR) is 113 cm³/mol. The van der Waals surface area contributed by atoms with E-state index in [9.17, 15) is 9.59 Å². The van der Waals surface area contributed by atoms with Gasteiger partial charge in [0.1, 0.15) is 11.3 Å². The van der Waals surface area contributed by atoms with Crippen molar-refractivity contribution in [2.45, 2.75) is 0 Å². The van der Waals surface area contributed by atoms with E-state index in [0.717, 1.165) is 10.8 Å². The first-order valence-corrected chi connectivity index (χ1v) is 9.03. The number of hydrogen-bond donors (Lipinski definition) is 1. The van der Waals surface area contributed by atoms with E-state index >= 15 is 0 Å². The van der Waals surface area contributed by atoms with Crippen molar-refractivity contribution in [3.05, 3.63) is 77.9 Å². The fourth-order valence-corrected chi connectivity index (χ4v) is 3.49. The summed E-state index contributed by atoms with van der Waals surface area (Å²) in [5.74, 6) is -0.436. The van der Waals surface area contributed by atoms with Crippen molar-refractivity contribution < 1.29 is 14.3 Å². The zero-order valence-electron chi connectivity index (χ0n) is 15.0. The number of fused-ring (bicyclic) bond motifs is 1. The largest absolute Gasteiger partial charge is 0.496 e. The molecule has 1 aliphatic rings. The highest BCUT2D eigenvalue weighted by atomic mass is 32.1. The minimum atomic E-state index is -0.530. The molecule has 0 saturated carbocycles. The Kier molecular flexibility index (Phi) is 4.63. The maximum absolute atomic E-state index is 13.3. The minimum Gasteiger partial charge on any atom is -0.496 e. The van der Waals surface area contributed by atoms with Gasteiger partial charge in [-0.3, -0.25) is 19.8 Å². The molecule has 1 N–H and O–H groups in total. The van der Waals surface area contributed by atoms with Crippen LogP contribution in [-0.2, 0) is 9.59 Å². The number of anilines is 1. The van der Waals surface area contributed by atoms with Gasteiger partial charge in [-0.25, -0.2) is 0 Å². The molecule has 0 bridgehead atoms. The summed E-state index contributed by atoms with van der Waals surface area (Å²) in [5, 5.41) is 4.52. The second-order valence-electron chi connectivity index (χ2n) is 6.20.